The van der Waals surface area contributed by atoms with Crippen LogP contribution in [0.1, 0.15) is 24.0 Å². The number of ether oxygens (including phenoxy) is 1. The van der Waals surface area contributed by atoms with Crippen LogP contribution in [-0.2, 0) is 20.7 Å². The van der Waals surface area contributed by atoms with E-state index in [0.717, 1.165) is 17.7 Å². The molecule has 0 aliphatic carbocycles. The lowest BCUT2D eigenvalue weighted by atomic mass is 10.1. The van der Waals surface area contributed by atoms with Gasteiger partial charge in [-0.1, -0.05) is 12.1 Å². The molecule has 1 aliphatic heterocycles. The predicted octanol–water partition coefficient (Wildman–Crippen LogP) is 3.25. The van der Waals surface area contributed by atoms with Gasteiger partial charge in [0.05, 0.1) is 19.3 Å². The van der Waals surface area contributed by atoms with Crippen LogP contribution in [0.4, 0.5) is 5.69 Å². The summed E-state index contributed by atoms with van der Waals surface area (Å²) < 4.78 is 5.51. The number of hydrogen-bond donors (Lipinski definition) is 1. The van der Waals surface area contributed by atoms with Gasteiger partial charge in [-0.05, 0) is 53.4 Å². The van der Waals surface area contributed by atoms with E-state index in [9.17, 15) is 9.59 Å². The van der Waals surface area contributed by atoms with Crippen LogP contribution >= 0.6 is 11.3 Å². The Balaban J connectivity index is 1.55. The third kappa shape index (κ3) is 5.16. The second kappa shape index (κ2) is 8.96. The lowest BCUT2D eigenvalue weighted by Gasteiger charge is -2.35. The van der Waals surface area contributed by atoms with E-state index >= 15 is 0 Å². The van der Waals surface area contributed by atoms with E-state index in [1.807, 2.05) is 47.5 Å². The van der Waals surface area contributed by atoms with Crippen molar-refractivity contribution in [1.29, 1.82) is 0 Å². The molecule has 1 fully saturated rings. The molecule has 138 valence electrons. The number of aryl methyl sites for hydroxylation is 2. The van der Waals surface area contributed by atoms with Gasteiger partial charge in [-0.25, -0.2) is 0 Å². The summed E-state index contributed by atoms with van der Waals surface area (Å²) in [4.78, 5) is 26.8. The monoisotopic (exact) mass is 372 g/mol. The van der Waals surface area contributed by atoms with Crippen molar-refractivity contribution in [2.45, 2.75) is 32.2 Å². The second-order valence-electron chi connectivity index (χ2n) is 6.57. The maximum absolute atomic E-state index is 12.6. The summed E-state index contributed by atoms with van der Waals surface area (Å²) >= 11 is 1.64. The van der Waals surface area contributed by atoms with Crippen molar-refractivity contribution < 1.29 is 14.3 Å². The van der Waals surface area contributed by atoms with E-state index in [1.54, 1.807) is 11.3 Å². The molecule has 0 radical (unpaired) electrons. The van der Waals surface area contributed by atoms with E-state index in [2.05, 4.69) is 10.7 Å². The highest BCUT2D eigenvalue weighted by Gasteiger charge is 2.28. The largest absolute Gasteiger partial charge is 0.377 e. The molecule has 26 heavy (non-hydrogen) atoms. The van der Waals surface area contributed by atoms with Crippen LogP contribution in [-0.4, -0.2) is 42.5 Å². The molecule has 1 atom stereocenters. The lowest BCUT2D eigenvalue weighted by Crippen LogP contribution is -2.50. The van der Waals surface area contributed by atoms with Crippen LogP contribution in [0.5, 0.6) is 0 Å². The molecule has 0 saturated carbocycles. The molecule has 6 heteroatoms. The van der Waals surface area contributed by atoms with Gasteiger partial charge in [0.25, 0.3) is 0 Å². The van der Waals surface area contributed by atoms with Gasteiger partial charge >= 0.3 is 0 Å². The van der Waals surface area contributed by atoms with Crippen molar-refractivity contribution in [2.24, 2.45) is 0 Å². The Hall–Kier alpha value is -2.18. The zero-order valence-corrected chi connectivity index (χ0v) is 15.8. The fourth-order valence-electron chi connectivity index (χ4n) is 3.13. The first-order valence-corrected chi connectivity index (χ1v) is 9.81. The van der Waals surface area contributed by atoms with Crippen LogP contribution in [0.25, 0.3) is 0 Å². The Morgan fingerprint density at radius 2 is 2.23 bits per heavy atom. The summed E-state index contributed by atoms with van der Waals surface area (Å²) in [5.74, 6) is -0.00501. The van der Waals surface area contributed by atoms with Gasteiger partial charge in [0, 0.05) is 25.1 Å². The number of thiophene rings is 1. The number of carbonyl (C=O) groups excluding carboxylic acids is 2. The average Bonchev–Trinajstić information content (AvgIpc) is 3.13. The smallest absolute Gasteiger partial charge is 0.226 e. The zero-order chi connectivity index (χ0) is 18.4. The number of hydrogen-bond acceptors (Lipinski definition) is 4. The van der Waals surface area contributed by atoms with Crippen molar-refractivity contribution in [3.8, 4) is 0 Å². The van der Waals surface area contributed by atoms with Gasteiger partial charge < -0.3 is 15.0 Å². The molecule has 5 nitrogen and oxygen atoms in total. The highest BCUT2D eigenvalue weighted by Crippen LogP contribution is 2.16. The first kappa shape index (κ1) is 18.6. The molecule has 0 bridgehead atoms. The Morgan fingerprint density at radius 3 is 3.00 bits per heavy atom. The SMILES string of the molecule is Cc1cccc(NC(=O)C[C@@H]2COCCN2C(=O)CCc2ccsc2)c1. The Bertz CT molecular complexity index is 745. The van der Waals surface area contributed by atoms with E-state index in [0.29, 0.717) is 26.2 Å². The fraction of sp³-hybridized carbons (Fsp3) is 0.400. The molecule has 2 amide bonds. The molecule has 1 aromatic carbocycles. The number of rotatable bonds is 6. The van der Waals surface area contributed by atoms with Crippen molar-refractivity contribution in [1.82, 2.24) is 4.90 Å². The molecule has 2 aromatic rings. The molecular formula is C20H24N2O3S. The molecule has 2 heterocycles. The maximum Gasteiger partial charge on any atom is 0.226 e. The summed E-state index contributed by atoms with van der Waals surface area (Å²) in [5.41, 5.74) is 3.06. The van der Waals surface area contributed by atoms with Gasteiger partial charge in [0.2, 0.25) is 11.8 Å². The van der Waals surface area contributed by atoms with Gasteiger partial charge in [0.15, 0.2) is 0 Å². The molecule has 1 aliphatic rings. The summed E-state index contributed by atoms with van der Waals surface area (Å²) in [6.45, 7) is 3.47. The lowest BCUT2D eigenvalue weighted by molar-refractivity contribution is -0.141. The van der Waals surface area contributed by atoms with E-state index in [1.165, 1.54) is 5.56 Å². The molecule has 1 saturated heterocycles. The number of amides is 2. The van der Waals surface area contributed by atoms with Crippen molar-refractivity contribution in [2.75, 3.05) is 25.1 Å². The predicted molar refractivity (Wildman–Crippen MR) is 103 cm³/mol. The van der Waals surface area contributed by atoms with Crippen LogP contribution in [0, 0.1) is 6.92 Å². The topological polar surface area (TPSA) is 58.6 Å². The summed E-state index contributed by atoms with van der Waals surface area (Å²) in [6.07, 6.45) is 1.45. The molecule has 3 rings (SSSR count). The van der Waals surface area contributed by atoms with E-state index in [4.69, 9.17) is 4.74 Å². The molecule has 0 spiro atoms. The standard InChI is InChI=1S/C20H24N2O3S/c1-15-3-2-4-17(11-15)21-19(23)12-18-13-25-9-8-22(18)20(24)6-5-16-7-10-26-14-16/h2-4,7,10-11,14,18H,5-6,8-9,12-13H2,1H3,(H,21,23)/t18-/m1/s1. The molecule has 1 aromatic heterocycles. The Kier molecular flexibility index (Phi) is 6.41. The van der Waals surface area contributed by atoms with Crippen LogP contribution in [0.3, 0.4) is 0 Å². The van der Waals surface area contributed by atoms with Crippen LogP contribution in [0.2, 0.25) is 0 Å². The average molecular weight is 372 g/mol. The Labute approximate surface area is 158 Å². The van der Waals surface area contributed by atoms with Crippen molar-refractivity contribution in [3.63, 3.8) is 0 Å². The summed E-state index contributed by atoms with van der Waals surface area (Å²) in [5, 5.41) is 7.00. The van der Waals surface area contributed by atoms with Crippen LogP contribution < -0.4 is 5.32 Å². The molecule has 1 N–H and O–H groups in total. The quantitative estimate of drug-likeness (QED) is 0.847. The van der Waals surface area contributed by atoms with Crippen molar-refractivity contribution >= 4 is 28.8 Å². The normalized spacial score (nSPS) is 17.1. The van der Waals surface area contributed by atoms with E-state index in [-0.39, 0.29) is 24.3 Å². The van der Waals surface area contributed by atoms with Gasteiger partial charge in [-0.15, -0.1) is 0 Å². The van der Waals surface area contributed by atoms with E-state index < -0.39 is 0 Å². The van der Waals surface area contributed by atoms with Gasteiger partial charge in [0.1, 0.15) is 0 Å². The number of carbonyl (C=O) groups is 2. The summed E-state index contributed by atoms with van der Waals surface area (Å²) in [7, 11) is 0. The number of benzene rings is 1. The minimum absolute atomic E-state index is 0.0906. The fourth-order valence-corrected chi connectivity index (χ4v) is 3.83. The number of morpholine rings is 1. The maximum atomic E-state index is 12.6. The van der Waals surface area contributed by atoms with Crippen molar-refractivity contribution in [3.05, 3.63) is 52.2 Å². The first-order valence-electron chi connectivity index (χ1n) is 8.86. The third-order valence-electron chi connectivity index (χ3n) is 4.48. The zero-order valence-electron chi connectivity index (χ0n) is 14.9. The minimum Gasteiger partial charge on any atom is -0.377 e. The molecule has 0 unspecified atom stereocenters. The highest BCUT2D eigenvalue weighted by molar-refractivity contribution is 7.07. The second-order valence-corrected chi connectivity index (χ2v) is 7.35. The third-order valence-corrected chi connectivity index (χ3v) is 5.21. The van der Waals surface area contributed by atoms with Crippen LogP contribution in [0.15, 0.2) is 41.1 Å². The number of nitrogens with zero attached hydrogens (tertiary/aromatic N) is 1. The Morgan fingerprint density at radius 1 is 1.35 bits per heavy atom. The first-order chi connectivity index (χ1) is 12.6. The highest BCUT2D eigenvalue weighted by atomic mass is 32.1. The molecular weight excluding hydrogens is 348 g/mol. The van der Waals surface area contributed by atoms with Gasteiger partial charge in [-0.2, -0.15) is 11.3 Å². The number of anilines is 1. The summed E-state index contributed by atoms with van der Waals surface area (Å²) in [6, 6.07) is 9.53. The minimum atomic E-state index is -0.205. The number of nitrogens with one attached hydrogen (secondary N) is 1. The van der Waals surface area contributed by atoms with Gasteiger partial charge in [-0.3, -0.25) is 9.59 Å².